The number of methoxy groups -OCH3 is 1. The molecule has 0 bridgehead atoms. The molecule has 76 valence electrons. The summed E-state index contributed by atoms with van der Waals surface area (Å²) in [6, 6.07) is 11.5. The van der Waals surface area contributed by atoms with Crippen LogP contribution in [0.4, 0.5) is 0 Å². The first-order valence-corrected chi connectivity index (χ1v) is 4.94. The zero-order valence-electron chi connectivity index (χ0n) is 8.27. The molecular formula is C12H10ClNO. The van der Waals surface area contributed by atoms with Crippen LogP contribution >= 0.6 is 11.6 Å². The Morgan fingerprint density at radius 1 is 1.13 bits per heavy atom. The molecule has 0 unspecified atom stereocenters. The van der Waals surface area contributed by atoms with E-state index < -0.39 is 0 Å². The van der Waals surface area contributed by atoms with Crippen LogP contribution in [0.5, 0.6) is 5.75 Å². The second-order valence-corrected chi connectivity index (χ2v) is 3.43. The normalized spacial score (nSPS) is 10.0. The monoisotopic (exact) mass is 219 g/mol. The lowest BCUT2D eigenvalue weighted by Gasteiger charge is -2.04. The van der Waals surface area contributed by atoms with Crippen molar-refractivity contribution in [3.05, 3.63) is 47.7 Å². The standard InChI is InChI=1S/C12H10ClNO/c1-15-10-6-4-9(5-7-10)11-3-2-8-14-12(11)13/h2-8H,1H3. The number of ether oxygens (including phenoxy) is 1. The highest BCUT2D eigenvalue weighted by Gasteiger charge is 2.03. The minimum Gasteiger partial charge on any atom is -0.497 e. The molecule has 0 aliphatic heterocycles. The summed E-state index contributed by atoms with van der Waals surface area (Å²) in [5.74, 6) is 0.832. The van der Waals surface area contributed by atoms with Crippen LogP contribution in [0.3, 0.4) is 0 Å². The van der Waals surface area contributed by atoms with E-state index in [0.29, 0.717) is 5.15 Å². The van der Waals surface area contributed by atoms with Crippen molar-refractivity contribution in [3.63, 3.8) is 0 Å². The first-order valence-electron chi connectivity index (χ1n) is 4.56. The van der Waals surface area contributed by atoms with Crippen LogP contribution in [0.25, 0.3) is 11.1 Å². The molecule has 15 heavy (non-hydrogen) atoms. The molecule has 0 amide bonds. The maximum absolute atomic E-state index is 5.99. The van der Waals surface area contributed by atoms with Crippen molar-refractivity contribution >= 4 is 11.6 Å². The van der Waals surface area contributed by atoms with Crippen molar-refractivity contribution < 1.29 is 4.74 Å². The summed E-state index contributed by atoms with van der Waals surface area (Å²) in [5, 5.41) is 0.516. The molecule has 0 atom stereocenters. The second-order valence-electron chi connectivity index (χ2n) is 3.07. The minimum absolute atomic E-state index is 0.516. The van der Waals surface area contributed by atoms with E-state index in [1.54, 1.807) is 13.3 Å². The van der Waals surface area contributed by atoms with Gasteiger partial charge in [0.15, 0.2) is 0 Å². The van der Waals surface area contributed by atoms with Crippen molar-refractivity contribution in [1.82, 2.24) is 4.98 Å². The van der Waals surface area contributed by atoms with Gasteiger partial charge in [0.25, 0.3) is 0 Å². The zero-order valence-corrected chi connectivity index (χ0v) is 9.03. The molecule has 1 aromatic carbocycles. The Labute approximate surface area is 93.5 Å². The topological polar surface area (TPSA) is 22.1 Å². The van der Waals surface area contributed by atoms with E-state index in [-0.39, 0.29) is 0 Å². The van der Waals surface area contributed by atoms with E-state index in [0.717, 1.165) is 16.9 Å². The van der Waals surface area contributed by atoms with E-state index in [1.165, 1.54) is 0 Å². The third-order valence-electron chi connectivity index (χ3n) is 2.16. The molecule has 0 aliphatic rings. The van der Waals surface area contributed by atoms with Crippen molar-refractivity contribution in [2.75, 3.05) is 7.11 Å². The molecule has 0 radical (unpaired) electrons. The minimum atomic E-state index is 0.516. The number of rotatable bonds is 2. The van der Waals surface area contributed by atoms with Gasteiger partial charge in [-0.3, -0.25) is 0 Å². The quantitative estimate of drug-likeness (QED) is 0.723. The molecule has 2 rings (SSSR count). The Morgan fingerprint density at radius 2 is 1.87 bits per heavy atom. The molecule has 1 aromatic heterocycles. The van der Waals surface area contributed by atoms with Gasteiger partial charge in [0.05, 0.1) is 7.11 Å². The van der Waals surface area contributed by atoms with E-state index in [2.05, 4.69) is 4.98 Å². The fourth-order valence-corrected chi connectivity index (χ4v) is 1.60. The molecule has 0 N–H and O–H groups in total. The number of hydrogen-bond acceptors (Lipinski definition) is 2. The van der Waals surface area contributed by atoms with Crippen molar-refractivity contribution in [3.8, 4) is 16.9 Å². The molecule has 0 fully saturated rings. The maximum Gasteiger partial charge on any atom is 0.136 e. The van der Waals surface area contributed by atoms with Gasteiger partial charge in [-0.05, 0) is 29.8 Å². The Bertz CT molecular complexity index is 453. The van der Waals surface area contributed by atoms with Gasteiger partial charge in [0, 0.05) is 11.8 Å². The predicted octanol–water partition coefficient (Wildman–Crippen LogP) is 3.41. The van der Waals surface area contributed by atoms with Crippen LogP contribution in [0.2, 0.25) is 5.15 Å². The zero-order chi connectivity index (χ0) is 10.7. The molecule has 2 nitrogen and oxygen atoms in total. The summed E-state index contributed by atoms with van der Waals surface area (Å²) >= 11 is 5.99. The molecule has 3 heteroatoms. The Morgan fingerprint density at radius 3 is 2.47 bits per heavy atom. The molecule has 1 heterocycles. The average molecular weight is 220 g/mol. The fourth-order valence-electron chi connectivity index (χ4n) is 1.37. The smallest absolute Gasteiger partial charge is 0.136 e. The lowest BCUT2D eigenvalue weighted by molar-refractivity contribution is 0.415. The van der Waals surface area contributed by atoms with Crippen LogP contribution in [0.1, 0.15) is 0 Å². The van der Waals surface area contributed by atoms with E-state index in [4.69, 9.17) is 16.3 Å². The highest BCUT2D eigenvalue weighted by Crippen LogP contribution is 2.26. The number of nitrogens with zero attached hydrogens (tertiary/aromatic N) is 1. The van der Waals surface area contributed by atoms with Crippen molar-refractivity contribution in [2.24, 2.45) is 0 Å². The van der Waals surface area contributed by atoms with E-state index in [1.807, 2.05) is 36.4 Å². The van der Waals surface area contributed by atoms with Gasteiger partial charge in [0.2, 0.25) is 0 Å². The van der Waals surface area contributed by atoms with Gasteiger partial charge < -0.3 is 4.74 Å². The van der Waals surface area contributed by atoms with Crippen LogP contribution in [-0.4, -0.2) is 12.1 Å². The molecule has 0 spiro atoms. The van der Waals surface area contributed by atoms with Gasteiger partial charge in [-0.1, -0.05) is 23.7 Å². The maximum atomic E-state index is 5.99. The third kappa shape index (κ3) is 2.10. The van der Waals surface area contributed by atoms with Gasteiger partial charge in [-0.15, -0.1) is 0 Å². The van der Waals surface area contributed by atoms with Crippen LogP contribution in [0.15, 0.2) is 42.6 Å². The lowest BCUT2D eigenvalue weighted by Crippen LogP contribution is -1.84. The predicted molar refractivity (Wildman–Crippen MR) is 61.2 cm³/mol. The Hall–Kier alpha value is -1.54. The number of hydrogen-bond donors (Lipinski definition) is 0. The highest BCUT2D eigenvalue weighted by atomic mass is 35.5. The first-order chi connectivity index (χ1) is 7.31. The summed E-state index contributed by atoms with van der Waals surface area (Å²) < 4.78 is 5.09. The van der Waals surface area contributed by atoms with Gasteiger partial charge in [-0.25, -0.2) is 4.98 Å². The average Bonchev–Trinajstić information content (AvgIpc) is 2.30. The second kappa shape index (κ2) is 4.32. The molecular weight excluding hydrogens is 210 g/mol. The fraction of sp³-hybridized carbons (Fsp3) is 0.0833. The lowest BCUT2D eigenvalue weighted by atomic mass is 10.1. The number of pyridine rings is 1. The van der Waals surface area contributed by atoms with Crippen LogP contribution in [0, 0.1) is 0 Å². The van der Waals surface area contributed by atoms with E-state index >= 15 is 0 Å². The van der Waals surface area contributed by atoms with Gasteiger partial charge >= 0.3 is 0 Å². The molecule has 0 aliphatic carbocycles. The summed E-state index contributed by atoms with van der Waals surface area (Å²) in [5.41, 5.74) is 1.97. The van der Waals surface area contributed by atoms with Crippen LogP contribution in [-0.2, 0) is 0 Å². The van der Waals surface area contributed by atoms with E-state index in [9.17, 15) is 0 Å². The number of benzene rings is 1. The van der Waals surface area contributed by atoms with Gasteiger partial charge in [-0.2, -0.15) is 0 Å². The van der Waals surface area contributed by atoms with Crippen LogP contribution < -0.4 is 4.74 Å². The Kier molecular flexibility index (Phi) is 2.88. The Balaban J connectivity index is 2.42. The highest BCUT2D eigenvalue weighted by molar-refractivity contribution is 6.32. The summed E-state index contributed by atoms with van der Waals surface area (Å²) in [6.07, 6.45) is 1.68. The first kappa shape index (κ1) is 9.99. The summed E-state index contributed by atoms with van der Waals surface area (Å²) in [6.45, 7) is 0. The SMILES string of the molecule is COc1ccc(-c2cccnc2Cl)cc1. The number of halogens is 1. The summed E-state index contributed by atoms with van der Waals surface area (Å²) in [4.78, 5) is 4.03. The van der Waals surface area contributed by atoms with Crippen molar-refractivity contribution in [2.45, 2.75) is 0 Å². The van der Waals surface area contributed by atoms with Gasteiger partial charge in [0.1, 0.15) is 10.9 Å². The molecule has 2 aromatic rings. The molecule has 0 saturated carbocycles. The largest absolute Gasteiger partial charge is 0.497 e. The van der Waals surface area contributed by atoms with Crippen molar-refractivity contribution in [1.29, 1.82) is 0 Å². The summed E-state index contributed by atoms with van der Waals surface area (Å²) in [7, 11) is 1.64. The molecule has 0 saturated heterocycles. The third-order valence-corrected chi connectivity index (χ3v) is 2.46. The number of aromatic nitrogens is 1.